The molecule has 14 atom stereocenters. The van der Waals surface area contributed by atoms with E-state index < -0.39 is 55.6 Å². The fourth-order valence-electron chi connectivity index (χ4n) is 7.46. The van der Waals surface area contributed by atoms with Crippen LogP contribution >= 0.6 is 0 Å². The molecule has 0 saturated carbocycles. The van der Waals surface area contributed by atoms with Crippen molar-refractivity contribution in [1.29, 1.82) is 0 Å². The Morgan fingerprint density at radius 3 is 2.22 bits per heavy atom. The topological polar surface area (TPSA) is 228 Å². The summed E-state index contributed by atoms with van der Waals surface area (Å²) >= 11 is 0. The van der Waals surface area contributed by atoms with Gasteiger partial charge in [-0.3, -0.25) is 9.59 Å². The van der Waals surface area contributed by atoms with E-state index in [0.29, 0.717) is 6.54 Å². The molecule has 1 aliphatic carbocycles. The predicted molar refractivity (Wildman–Crippen MR) is 204 cm³/mol. The minimum Gasteiger partial charge on any atom is -0.394 e. The Bertz CT molecular complexity index is 1220. The van der Waals surface area contributed by atoms with Crippen LogP contribution in [0.4, 0.5) is 0 Å². The molecular formula is C39H70N4O11. The lowest BCUT2D eigenvalue weighted by Crippen LogP contribution is -2.60. The summed E-state index contributed by atoms with van der Waals surface area (Å²) in [6, 6.07) is -1.38. The van der Waals surface area contributed by atoms with Gasteiger partial charge in [0.2, 0.25) is 11.8 Å². The van der Waals surface area contributed by atoms with Gasteiger partial charge in [0.15, 0.2) is 6.29 Å². The van der Waals surface area contributed by atoms with Crippen molar-refractivity contribution >= 4 is 18.1 Å². The molecule has 8 N–H and O–H groups in total. The number of likely N-dealkylation sites (N-methyl/N-ethyl adjacent to an activating group) is 1. The van der Waals surface area contributed by atoms with Crippen LogP contribution in [0.25, 0.3) is 0 Å². The molecule has 2 heterocycles. The number of nitrogens with zero attached hydrogens (tertiary/aromatic N) is 2. The standard InChI is InChI=1S/C24H45N3O5.C15H25NO6/c1-9-16(4)22(26(6)24(30)21(25)15(2)3)19(31-7)13-20(29)27-12-10-11-18(27)23(32-8)17(5)14-28;1-8(16)14(9-5-3-2-4-6-9)22-15-13(20)12(19)11(18)10(7-17)21-15/h14-19,21-23H,9-13,25H2,1-8H3;3,5-6,8,10-15,17-20H,2,4,7,16H2,1H3. The Hall–Kier alpha value is -2.31. The summed E-state index contributed by atoms with van der Waals surface area (Å²) in [6.45, 7) is 11.7. The SMILES string of the molecule is CC(N)C(OC1OC(CO)C(O)C(O)C1O)C1=CCCC=C1.CCC(C)C(C(CC(=O)N1CCCC1C(OC)C(C)C=O)OC)N(C)C(=O)C(N)C(C)C. The van der Waals surface area contributed by atoms with Crippen LogP contribution in [0, 0.1) is 17.8 Å². The van der Waals surface area contributed by atoms with E-state index in [-0.39, 0.29) is 60.2 Å². The molecule has 14 unspecified atom stereocenters. The summed E-state index contributed by atoms with van der Waals surface area (Å²) in [7, 11) is 4.92. The Kier molecular flexibility index (Phi) is 20.4. The lowest BCUT2D eigenvalue weighted by Gasteiger charge is -2.41. The lowest BCUT2D eigenvalue weighted by molar-refractivity contribution is -0.309. The van der Waals surface area contributed by atoms with E-state index in [1.54, 1.807) is 33.1 Å². The quantitative estimate of drug-likeness (QED) is 0.107. The van der Waals surface area contributed by atoms with E-state index in [9.17, 15) is 34.8 Å². The van der Waals surface area contributed by atoms with E-state index in [2.05, 4.69) is 13.8 Å². The van der Waals surface area contributed by atoms with Gasteiger partial charge in [-0.25, -0.2) is 0 Å². The number of rotatable bonds is 18. The molecule has 15 nitrogen and oxygen atoms in total. The number of aliphatic hydroxyl groups excluding tert-OH is 4. The number of likely N-dealkylation sites (tertiary alicyclic amines) is 1. The molecule has 54 heavy (non-hydrogen) atoms. The number of aldehydes is 1. The van der Waals surface area contributed by atoms with Crippen molar-refractivity contribution in [3.8, 4) is 0 Å². The molecule has 3 aliphatic rings. The summed E-state index contributed by atoms with van der Waals surface area (Å²) in [5.41, 5.74) is 13.0. The monoisotopic (exact) mass is 771 g/mol. The van der Waals surface area contributed by atoms with Crippen LogP contribution in [0.15, 0.2) is 23.8 Å². The maximum atomic E-state index is 13.4. The van der Waals surface area contributed by atoms with Crippen LogP contribution in [-0.4, -0.2) is 156 Å². The number of aliphatic hydroxyl groups is 4. The zero-order chi connectivity index (χ0) is 40.9. The minimum absolute atomic E-state index is 0.0151. The molecule has 2 amide bonds. The molecule has 0 aromatic heterocycles. The van der Waals surface area contributed by atoms with Crippen LogP contribution in [0.3, 0.4) is 0 Å². The molecule has 0 bridgehead atoms. The van der Waals surface area contributed by atoms with E-state index in [4.69, 9.17) is 30.4 Å². The number of nitrogens with two attached hydrogens (primary N) is 2. The smallest absolute Gasteiger partial charge is 0.239 e. The van der Waals surface area contributed by atoms with Gasteiger partial charge in [0.05, 0.1) is 43.4 Å². The normalized spacial score (nSPS) is 28.8. The Morgan fingerprint density at radius 1 is 1.06 bits per heavy atom. The zero-order valence-electron chi connectivity index (χ0n) is 33.8. The highest BCUT2D eigenvalue weighted by Gasteiger charge is 2.45. The van der Waals surface area contributed by atoms with Crippen LogP contribution in [0.5, 0.6) is 0 Å². The van der Waals surface area contributed by atoms with E-state index in [1.807, 2.05) is 43.9 Å². The molecule has 0 spiro atoms. The molecule has 3 rings (SSSR count). The van der Waals surface area contributed by atoms with Crippen LogP contribution < -0.4 is 11.5 Å². The average Bonchev–Trinajstić information content (AvgIpc) is 3.65. The molecule has 312 valence electrons. The lowest BCUT2D eigenvalue weighted by atomic mass is 9.89. The van der Waals surface area contributed by atoms with Crippen molar-refractivity contribution in [2.45, 2.75) is 153 Å². The molecule has 2 saturated heterocycles. The number of amides is 2. The first-order chi connectivity index (χ1) is 25.5. The number of allylic oxidation sites excluding steroid dienone is 2. The number of hydrogen-bond donors (Lipinski definition) is 6. The Morgan fingerprint density at radius 2 is 1.72 bits per heavy atom. The zero-order valence-corrected chi connectivity index (χ0v) is 33.8. The second kappa shape index (κ2) is 23.0. The van der Waals surface area contributed by atoms with Gasteiger partial charge in [-0.2, -0.15) is 0 Å². The third-order valence-corrected chi connectivity index (χ3v) is 11.0. The van der Waals surface area contributed by atoms with Crippen molar-refractivity contribution < 1.29 is 53.8 Å². The molecular weight excluding hydrogens is 700 g/mol. The van der Waals surface area contributed by atoms with Crippen molar-refractivity contribution in [2.24, 2.45) is 29.2 Å². The maximum absolute atomic E-state index is 13.4. The Balaban J connectivity index is 0.000000398. The largest absolute Gasteiger partial charge is 0.394 e. The molecule has 0 aromatic rings. The van der Waals surface area contributed by atoms with Crippen LogP contribution in [0.1, 0.15) is 80.1 Å². The number of hydrogen-bond acceptors (Lipinski definition) is 13. The highest BCUT2D eigenvalue weighted by atomic mass is 16.7. The van der Waals surface area contributed by atoms with Gasteiger partial charge in [0.1, 0.15) is 36.8 Å². The molecule has 15 heteroatoms. The van der Waals surface area contributed by atoms with Gasteiger partial charge in [0, 0.05) is 39.8 Å². The third-order valence-electron chi connectivity index (χ3n) is 11.0. The maximum Gasteiger partial charge on any atom is 0.239 e. The number of carbonyl (C=O) groups is 3. The summed E-state index contributed by atoms with van der Waals surface area (Å²) in [4.78, 5) is 41.2. The van der Waals surface area contributed by atoms with E-state index >= 15 is 0 Å². The first-order valence-electron chi connectivity index (χ1n) is 19.4. The van der Waals surface area contributed by atoms with E-state index in [1.165, 1.54) is 0 Å². The molecule has 0 aromatic carbocycles. The van der Waals surface area contributed by atoms with Gasteiger partial charge in [0.25, 0.3) is 0 Å². The van der Waals surface area contributed by atoms with E-state index in [0.717, 1.165) is 44.0 Å². The summed E-state index contributed by atoms with van der Waals surface area (Å²) in [5, 5.41) is 38.8. The van der Waals surface area contributed by atoms with Crippen molar-refractivity contribution in [3.63, 3.8) is 0 Å². The fraction of sp³-hybridized carbons (Fsp3) is 0.821. The number of carbonyl (C=O) groups excluding carboxylic acids is 3. The second-order valence-electron chi connectivity index (χ2n) is 15.4. The van der Waals surface area contributed by atoms with Crippen molar-refractivity contribution in [2.75, 3.05) is 34.4 Å². The minimum atomic E-state index is -1.46. The second-order valence-corrected chi connectivity index (χ2v) is 15.4. The van der Waals surface area contributed by atoms with Crippen molar-refractivity contribution in [3.05, 3.63) is 23.8 Å². The Labute approximate surface area is 322 Å². The highest BCUT2D eigenvalue weighted by molar-refractivity contribution is 5.82. The van der Waals surface area contributed by atoms with Gasteiger partial charge in [-0.15, -0.1) is 0 Å². The molecule has 2 aliphatic heterocycles. The third kappa shape index (κ3) is 12.3. The summed E-state index contributed by atoms with van der Waals surface area (Å²) in [5.74, 6) is -0.343. The number of ether oxygens (including phenoxy) is 4. The van der Waals surface area contributed by atoms with Gasteiger partial charge >= 0.3 is 0 Å². The predicted octanol–water partition coefficient (Wildman–Crippen LogP) is 0.884. The van der Waals surface area contributed by atoms with Gasteiger partial charge in [-0.1, -0.05) is 59.3 Å². The van der Waals surface area contributed by atoms with Crippen LogP contribution in [0.2, 0.25) is 0 Å². The highest BCUT2D eigenvalue weighted by Crippen LogP contribution is 2.30. The fourth-order valence-corrected chi connectivity index (χ4v) is 7.46. The van der Waals surface area contributed by atoms with Crippen molar-refractivity contribution in [1.82, 2.24) is 9.80 Å². The van der Waals surface area contributed by atoms with Gasteiger partial charge in [-0.05, 0) is 50.0 Å². The molecule has 2 fully saturated rings. The van der Waals surface area contributed by atoms with Gasteiger partial charge < -0.3 is 65.4 Å². The summed E-state index contributed by atoms with van der Waals surface area (Å²) in [6.07, 6.45) is 3.56. The number of methoxy groups -OCH3 is 2. The first kappa shape index (κ1) is 47.8. The average molecular weight is 771 g/mol. The molecule has 0 radical (unpaired) electrons. The first-order valence-corrected chi connectivity index (χ1v) is 19.4. The summed E-state index contributed by atoms with van der Waals surface area (Å²) < 4.78 is 22.5. The van der Waals surface area contributed by atoms with Crippen LogP contribution in [-0.2, 0) is 33.3 Å².